The second-order valence-electron chi connectivity index (χ2n) is 5.70. The molecule has 0 saturated heterocycles. The number of benzene rings is 1. The van der Waals surface area contributed by atoms with Crippen molar-refractivity contribution >= 4 is 16.8 Å². The lowest BCUT2D eigenvalue weighted by molar-refractivity contribution is 0.0880. The first-order valence-corrected chi connectivity index (χ1v) is 7.50. The molecule has 0 radical (unpaired) electrons. The Balaban J connectivity index is 1.67. The maximum absolute atomic E-state index is 12.3. The summed E-state index contributed by atoms with van der Waals surface area (Å²) in [5, 5.41) is 0.998. The number of fused-ring (bicyclic) bond motifs is 1. The van der Waals surface area contributed by atoms with E-state index in [0.717, 1.165) is 30.0 Å². The zero-order chi connectivity index (χ0) is 13.9. The number of Topliss-reactive ketones (excluding diaryl/α,β-unsaturated/α-hetero) is 1. The highest BCUT2D eigenvalue weighted by Crippen LogP contribution is 2.27. The SMILES string of the molecule is CCN(CC(=O)c1cc2ccccc2o1)CC1CCC1. The lowest BCUT2D eigenvalue weighted by atomic mass is 9.85. The van der Waals surface area contributed by atoms with Crippen molar-refractivity contribution in [3.63, 3.8) is 0 Å². The Morgan fingerprint density at radius 3 is 2.80 bits per heavy atom. The molecular formula is C17H21NO2. The fraction of sp³-hybridized carbons (Fsp3) is 0.471. The molecule has 0 bridgehead atoms. The molecule has 1 saturated carbocycles. The highest BCUT2D eigenvalue weighted by molar-refractivity contribution is 5.98. The average Bonchev–Trinajstić information content (AvgIpc) is 2.85. The predicted molar refractivity (Wildman–Crippen MR) is 80.0 cm³/mol. The van der Waals surface area contributed by atoms with Crippen LogP contribution in [-0.4, -0.2) is 30.3 Å². The zero-order valence-electron chi connectivity index (χ0n) is 12.0. The van der Waals surface area contributed by atoms with Gasteiger partial charge in [-0.2, -0.15) is 0 Å². The summed E-state index contributed by atoms with van der Waals surface area (Å²) in [5.74, 6) is 1.36. The van der Waals surface area contributed by atoms with E-state index in [-0.39, 0.29) is 5.78 Å². The number of rotatable bonds is 6. The van der Waals surface area contributed by atoms with E-state index in [9.17, 15) is 4.79 Å². The fourth-order valence-corrected chi connectivity index (χ4v) is 2.75. The largest absolute Gasteiger partial charge is 0.453 e. The van der Waals surface area contributed by atoms with Gasteiger partial charge in [0.05, 0.1) is 6.54 Å². The molecule has 0 atom stereocenters. The standard InChI is InChI=1S/C17H21NO2/c1-2-18(11-13-6-5-7-13)12-15(19)17-10-14-8-3-4-9-16(14)20-17/h3-4,8-10,13H,2,5-7,11-12H2,1H3. The van der Waals surface area contributed by atoms with E-state index in [0.29, 0.717) is 12.3 Å². The Kier molecular flexibility index (Phi) is 3.88. The monoisotopic (exact) mass is 271 g/mol. The Hall–Kier alpha value is -1.61. The topological polar surface area (TPSA) is 33.5 Å². The Morgan fingerprint density at radius 1 is 1.35 bits per heavy atom. The quantitative estimate of drug-likeness (QED) is 0.750. The molecule has 1 heterocycles. The lowest BCUT2D eigenvalue weighted by Gasteiger charge is -2.31. The van der Waals surface area contributed by atoms with Crippen molar-refractivity contribution in [3.8, 4) is 0 Å². The second-order valence-corrected chi connectivity index (χ2v) is 5.70. The highest BCUT2D eigenvalue weighted by Gasteiger charge is 2.22. The summed E-state index contributed by atoms with van der Waals surface area (Å²) < 4.78 is 5.64. The third kappa shape index (κ3) is 2.78. The molecule has 1 aliphatic carbocycles. The van der Waals surface area contributed by atoms with E-state index in [4.69, 9.17) is 4.42 Å². The van der Waals surface area contributed by atoms with Crippen LogP contribution < -0.4 is 0 Å². The third-order valence-electron chi connectivity index (χ3n) is 4.26. The van der Waals surface area contributed by atoms with Gasteiger partial charge in [-0.25, -0.2) is 0 Å². The van der Waals surface area contributed by atoms with Gasteiger partial charge in [0.25, 0.3) is 0 Å². The number of carbonyl (C=O) groups excluding carboxylic acids is 1. The summed E-state index contributed by atoms with van der Waals surface area (Å²) in [5.41, 5.74) is 0.790. The van der Waals surface area contributed by atoms with Crippen molar-refractivity contribution in [2.75, 3.05) is 19.6 Å². The van der Waals surface area contributed by atoms with Crippen molar-refractivity contribution in [1.29, 1.82) is 0 Å². The Labute approximate surface area is 119 Å². The summed E-state index contributed by atoms with van der Waals surface area (Å²) in [4.78, 5) is 14.6. The van der Waals surface area contributed by atoms with Gasteiger partial charge in [-0.3, -0.25) is 9.69 Å². The van der Waals surface area contributed by atoms with Crippen LogP contribution in [0, 0.1) is 5.92 Å². The molecule has 3 rings (SSSR count). The Bertz CT molecular complexity index is 565. The molecular weight excluding hydrogens is 250 g/mol. The van der Waals surface area contributed by atoms with Gasteiger partial charge in [0.1, 0.15) is 5.58 Å². The molecule has 2 aromatic rings. The number of nitrogens with zero attached hydrogens (tertiary/aromatic N) is 1. The molecule has 1 fully saturated rings. The van der Waals surface area contributed by atoms with Crippen LogP contribution in [-0.2, 0) is 0 Å². The van der Waals surface area contributed by atoms with Gasteiger partial charge < -0.3 is 4.42 Å². The Morgan fingerprint density at radius 2 is 2.15 bits per heavy atom. The van der Waals surface area contributed by atoms with E-state index in [2.05, 4.69) is 11.8 Å². The van der Waals surface area contributed by atoms with Gasteiger partial charge in [-0.1, -0.05) is 31.5 Å². The first-order chi connectivity index (χ1) is 9.76. The van der Waals surface area contributed by atoms with Crippen LogP contribution in [0.2, 0.25) is 0 Å². The van der Waals surface area contributed by atoms with Gasteiger partial charge in [-0.05, 0) is 37.4 Å². The number of ketones is 1. The molecule has 3 heteroatoms. The van der Waals surface area contributed by atoms with Crippen molar-refractivity contribution in [1.82, 2.24) is 4.90 Å². The van der Waals surface area contributed by atoms with Gasteiger partial charge in [0.2, 0.25) is 5.78 Å². The molecule has 1 aromatic heterocycles. The minimum absolute atomic E-state index is 0.0855. The van der Waals surface area contributed by atoms with E-state index in [1.54, 1.807) is 0 Å². The van der Waals surface area contributed by atoms with Gasteiger partial charge in [0.15, 0.2) is 5.76 Å². The van der Waals surface area contributed by atoms with E-state index in [1.807, 2.05) is 30.3 Å². The van der Waals surface area contributed by atoms with Crippen LogP contribution in [0.15, 0.2) is 34.7 Å². The number of hydrogen-bond donors (Lipinski definition) is 0. The van der Waals surface area contributed by atoms with Crippen molar-refractivity contribution in [3.05, 3.63) is 36.1 Å². The maximum atomic E-state index is 12.3. The summed E-state index contributed by atoms with van der Waals surface area (Å²) in [7, 11) is 0. The number of likely N-dealkylation sites (N-methyl/N-ethyl adjacent to an activating group) is 1. The number of hydrogen-bond acceptors (Lipinski definition) is 3. The van der Waals surface area contributed by atoms with Gasteiger partial charge in [0, 0.05) is 11.9 Å². The molecule has 0 spiro atoms. The average molecular weight is 271 g/mol. The van der Waals surface area contributed by atoms with Crippen LogP contribution in [0.5, 0.6) is 0 Å². The van der Waals surface area contributed by atoms with Gasteiger partial charge >= 0.3 is 0 Å². The van der Waals surface area contributed by atoms with Crippen LogP contribution in [0.25, 0.3) is 11.0 Å². The fourth-order valence-electron chi connectivity index (χ4n) is 2.75. The highest BCUT2D eigenvalue weighted by atomic mass is 16.3. The molecule has 0 aliphatic heterocycles. The molecule has 0 amide bonds. The van der Waals surface area contributed by atoms with Crippen LogP contribution in [0.1, 0.15) is 36.7 Å². The van der Waals surface area contributed by atoms with Crippen molar-refractivity contribution in [2.45, 2.75) is 26.2 Å². The lowest BCUT2D eigenvalue weighted by Crippen LogP contribution is -2.36. The summed E-state index contributed by atoms with van der Waals surface area (Å²) in [6.45, 7) is 4.54. The minimum Gasteiger partial charge on any atom is -0.453 e. The smallest absolute Gasteiger partial charge is 0.211 e. The zero-order valence-corrected chi connectivity index (χ0v) is 12.0. The molecule has 20 heavy (non-hydrogen) atoms. The van der Waals surface area contributed by atoms with E-state index >= 15 is 0 Å². The summed E-state index contributed by atoms with van der Waals surface area (Å²) in [6.07, 6.45) is 3.98. The van der Waals surface area contributed by atoms with Crippen LogP contribution in [0.4, 0.5) is 0 Å². The second kappa shape index (κ2) is 5.80. The van der Waals surface area contributed by atoms with Crippen molar-refractivity contribution in [2.24, 2.45) is 5.92 Å². The first kappa shape index (κ1) is 13.4. The normalized spacial score (nSPS) is 15.7. The molecule has 1 aromatic carbocycles. The van der Waals surface area contributed by atoms with Gasteiger partial charge in [-0.15, -0.1) is 0 Å². The molecule has 1 aliphatic rings. The predicted octanol–water partition coefficient (Wildman–Crippen LogP) is 3.74. The van der Waals surface area contributed by atoms with Crippen LogP contribution in [0.3, 0.4) is 0 Å². The van der Waals surface area contributed by atoms with Crippen LogP contribution >= 0.6 is 0 Å². The van der Waals surface area contributed by atoms with E-state index in [1.165, 1.54) is 19.3 Å². The summed E-state index contributed by atoms with van der Waals surface area (Å²) >= 11 is 0. The molecule has 0 unspecified atom stereocenters. The maximum Gasteiger partial charge on any atom is 0.211 e. The van der Waals surface area contributed by atoms with Crippen molar-refractivity contribution < 1.29 is 9.21 Å². The minimum atomic E-state index is 0.0855. The number of carbonyl (C=O) groups is 1. The molecule has 106 valence electrons. The molecule has 0 N–H and O–H groups in total. The number of para-hydroxylation sites is 1. The summed E-state index contributed by atoms with van der Waals surface area (Å²) in [6, 6.07) is 9.62. The molecule has 3 nitrogen and oxygen atoms in total. The first-order valence-electron chi connectivity index (χ1n) is 7.50. The number of furan rings is 1. The third-order valence-corrected chi connectivity index (χ3v) is 4.26. The van der Waals surface area contributed by atoms with E-state index < -0.39 is 0 Å².